The van der Waals surface area contributed by atoms with Crippen LogP contribution in [0.15, 0.2) is 29.9 Å². The van der Waals surface area contributed by atoms with Crippen molar-refractivity contribution in [2.24, 2.45) is 10.8 Å². The van der Waals surface area contributed by atoms with E-state index in [0.29, 0.717) is 24.5 Å². The van der Waals surface area contributed by atoms with Gasteiger partial charge in [0.05, 0.1) is 12.8 Å². The Morgan fingerprint density at radius 1 is 1.55 bits per heavy atom. The van der Waals surface area contributed by atoms with Gasteiger partial charge in [-0.3, -0.25) is 5.43 Å². The number of rotatable bonds is 8. The van der Waals surface area contributed by atoms with E-state index in [4.69, 9.17) is 33.8 Å². The van der Waals surface area contributed by atoms with Crippen molar-refractivity contribution in [2.75, 3.05) is 13.2 Å². The second-order valence-corrected chi connectivity index (χ2v) is 4.60. The molecule has 0 amide bonds. The number of hydrogen-bond acceptors (Lipinski definition) is 4. The topological polar surface area (TPSA) is 68.9 Å². The van der Waals surface area contributed by atoms with E-state index in [1.165, 1.54) is 0 Å². The third kappa shape index (κ3) is 5.46. The molecule has 1 aromatic rings. The van der Waals surface area contributed by atoms with Crippen LogP contribution in [-0.4, -0.2) is 24.5 Å². The Balaban J connectivity index is 3.20. The average Bonchev–Trinajstić information content (AvgIpc) is 2.47. The van der Waals surface area contributed by atoms with E-state index >= 15 is 0 Å². The highest BCUT2D eigenvalue weighted by molar-refractivity contribution is 7.80. The predicted octanol–water partition coefficient (Wildman–Crippen LogP) is 1.99. The quantitative estimate of drug-likeness (QED) is 0.252. The Morgan fingerprint density at radius 3 is 2.91 bits per heavy atom. The van der Waals surface area contributed by atoms with Crippen LogP contribution in [-0.2, 0) is 6.42 Å². The molecule has 0 aromatic heterocycles. The Labute approximate surface area is 136 Å². The summed E-state index contributed by atoms with van der Waals surface area (Å²) in [7, 11) is 0. The molecule has 0 bridgehead atoms. The van der Waals surface area contributed by atoms with Crippen LogP contribution in [0.3, 0.4) is 0 Å². The first-order chi connectivity index (χ1) is 10.6. The minimum absolute atomic E-state index is 0.0987. The van der Waals surface area contributed by atoms with Crippen LogP contribution >= 0.6 is 12.2 Å². The highest BCUT2D eigenvalue weighted by Crippen LogP contribution is 2.33. The minimum atomic E-state index is 0.0987. The van der Waals surface area contributed by atoms with Gasteiger partial charge in [0.25, 0.3) is 0 Å². The summed E-state index contributed by atoms with van der Waals surface area (Å²) in [6.07, 6.45) is 9.25. The molecular weight excluding hydrogens is 298 g/mol. The van der Waals surface area contributed by atoms with Crippen LogP contribution in [0.4, 0.5) is 0 Å². The van der Waals surface area contributed by atoms with Crippen LogP contribution < -0.4 is 20.6 Å². The molecule has 0 atom stereocenters. The molecule has 0 aliphatic carbocycles. The fourth-order valence-corrected chi connectivity index (χ4v) is 1.83. The number of benzene rings is 1. The summed E-state index contributed by atoms with van der Waals surface area (Å²) in [6, 6.07) is 3.73. The number of nitrogens with two attached hydrogens (primary N) is 1. The lowest BCUT2D eigenvalue weighted by Crippen LogP contribution is -2.24. The molecule has 6 heteroatoms. The molecule has 0 fully saturated rings. The summed E-state index contributed by atoms with van der Waals surface area (Å²) >= 11 is 4.69. The van der Waals surface area contributed by atoms with E-state index in [2.05, 4.69) is 23.0 Å². The molecule has 0 saturated heterocycles. The Hall–Kier alpha value is -2.52. The van der Waals surface area contributed by atoms with E-state index in [1.807, 2.05) is 19.1 Å². The second kappa shape index (κ2) is 9.42. The first kappa shape index (κ1) is 17.5. The Morgan fingerprint density at radius 2 is 2.32 bits per heavy atom. The van der Waals surface area contributed by atoms with Crippen LogP contribution in [0.2, 0.25) is 0 Å². The van der Waals surface area contributed by atoms with Crippen molar-refractivity contribution >= 4 is 23.5 Å². The molecule has 0 heterocycles. The molecular formula is C16H19N3O2S. The van der Waals surface area contributed by atoms with Gasteiger partial charge in [-0.2, -0.15) is 5.10 Å². The number of terminal acetylenes is 1. The zero-order chi connectivity index (χ0) is 16.4. The molecule has 1 aromatic carbocycles. The summed E-state index contributed by atoms with van der Waals surface area (Å²) in [4.78, 5) is 0. The van der Waals surface area contributed by atoms with Crippen molar-refractivity contribution in [2.45, 2.75) is 13.3 Å². The highest BCUT2D eigenvalue weighted by atomic mass is 32.1. The number of nitrogens with one attached hydrogen (secondary N) is 1. The van der Waals surface area contributed by atoms with Gasteiger partial charge >= 0.3 is 0 Å². The summed E-state index contributed by atoms with van der Waals surface area (Å²) in [6.45, 7) is 6.32. The molecule has 3 N–H and O–H groups in total. The molecule has 22 heavy (non-hydrogen) atoms. The van der Waals surface area contributed by atoms with E-state index in [-0.39, 0.29) is 11.7 Å². The van der Waals surface area contributed by atoms with E-state index < -0.39 is 0 Å². The van der Waals surface area contributed by atoms with Crippen molar-refractivity contribution in [1.82, 2.24) is 5.43 Å². The number of allylic oxidation sites excluding steroid dienone is 1. The van der Waals surface area contributed by atoms with Gasteiger partial charge < -0.3 is 15.2 Å². The molecule has 116 valence electrons. The first-order valence-corrected chi connectivity index (χ1v) is 7.08. The second-order valence-electron chi connectivity index (χ2n) is 4.16. The van der Waals surface area contributed by atoms with Crippen LogP contribution in [0, 0.1) is 12.3 Å². The van der Waals surface area contributed by atoms with E-state index in [0.717, 1.165) is 11.1 Å². The lowest BCUT2D eigenvalue weighted by Gasteiger charge is -2.15. The molecule has 0 saturated carbocycles. The Kier molecular flexibility index (Phi) is 7.51. The molecule has 0 aliphatic rings. The predicted molar refractivity (Wildman–Crippen MR) is 93.4 cm³/mol. The summed E-state index contributed by atoms with van der Waals surface area (Å²) < 4.78 is 11.2. The average molecular weight is 317 g/mol. The molecule has 0 aliphatic heterocycles. The standard InChI is InChI=1S/C16H19N3O2S/c1-4-7-13-9-12(11-18-19-16(17)22)10-14(20-6-3)15(13)21-8-5-2/h2,4,9-11H,1,6-8H2,3H3,(H3,17,19,22). The fraction of sp³-hybridized carbons (Fsp3) is 0.250. The third-order valence-corrected chi connectivity index (χ3v) is 2.60. The molecule has 0 spiro atoms. The van der Waals surface area contributed by atoms with Gasteiger partial charge in [-0.15, -0.1) is 13.0 Å². The van der Waals surface area contributed by atoms with Crippen LogP contribution in [0.1, 0.15) is 18.1 Å². The van der Waals surface area contributed by atoms with Gasteiger partial charge in [0.2, 0.25) is 0 Å². The van der Waals surface area contributed by atoms with Gasteiger partial charge in [-0.25, -0.2) is 0 Å². The number of nitrogens with zero attached hydrogens (tertiary/aromatic N) is 1. The van der Waals surface area contributed by atoms with Crippen molar-refractivity contribution < 1.29 is 9.47 Å². The zero-order valence-corrected chi connectivity index (χ0v) is 13.3. The number of hydrazone groups is 1. The van der Waals surface area contributed by atoms with Gasteiger partial charge in [-0.05, 0) is 43.3 Å². The molecule has 5 nitrogen and oxygen atoms in total. The van der Waals surface area contributed by atoms with Crippen molar-refractivity contribution in [3.63, 3.8) is 0 Å². The SMILES string of the molecule is C#CCOc1c(CC=C)cc(C=NNC(N)=S)cc1OCC. The Bertz CT molecular complexity index is 606. The first-order valence-electron chi connectivity index (χ1n) is 6.67. The number of thiocarbonyl (C=S) groups is 1. The molecule has 0 unspecified atom stereocenters. The summed E-state index contributed by atoms with van der Waals surface area (Å²) in [5.41, 5.74) is 9.55. The van der Waals surface area contributed by atoms with E-state index in [1.54, 1.807) is 12.3 Å². The normalized spacial score (nSPS) is 10.0. The van der Waals surface area contributed by atoms with Crippen molar-refractivity contribution in [3.05, 3.63) is 35.9 Å². The monoisotopic (exact) mass is 317 g/mol. The summed E-state index contributed by atoms with van der Waals surface area (Å²) in [5.74, 6) is 3.68. The maximum absolute atomic E-state index is 5.63. The van der Waals surface area contributed by atoms with Crippen molar-refractivity contribution in [1.29, 1.82) is 0 Å². The minimum Gasteiger partial charge on any atom is -0.490 e. The van der Waals surface area contributed by atoms with Gasteiger partial charge in [0.1, 0.15) is 6.61 Å². The molecule has 1 rings (SSSR count). The summed E-state index contributed by atoms with van der Waals surface area (Å²) in [5, 5.41) is 4.04. The number of ether oxygens (including phenoxy) is 2. The van der Waals surface area contributed by atoms with Gasteiger partial charge in [-0.1, -0.05) is 12.0 Å². The zero-order valence-electron chi connectivity index (χ0n) is 12.5. The van der Waals surface area contributed by atoms with Gasteiger partial charge in [0, 0.05) is 5.56 Å². The van der Waals surface area contributed by atoms with E-state index in [9.17, 15) is 0 Å². The lowest BCUT2D eigenvalue weighted by atomic mass is 10.1. The fourth-order valence-electron chi connectivity index (χ4n) is 1.78. The van der Waals surface area contributed by atoms with Gasteiger partial charge in [0.15, 0.2) is 16.6 Å². The largest absolute Gasteiger partial charge is 0.490 e. The maximum atomic E-state index is 5.63. The van der Waals surface area contributed by atoms with Crippen LogP contribution in [0.25, 0.3) is 0 Å². The highest BCUT2D eigenvalue weighted by Gasteiger charge is 2.12. The maximum Gasteiger partial charge on any atom is 0.184 e. The number of hydrogen-bond donors (Lipinski definition) is 2. The smallest absolute Gasteiger partial charge is 0.184 e. The lowest BCUT2D eigenvalue weighted by molar-refractivity contribution is 0.297. The van der Waals surface area contributed by atoms with Crippen LogP contribution in [0.5, 0.6) is 11.5 Å². The molecule has 0 radical (unpaired) electrons. The van der Waals surface area contributed by atoms with Crippen molar-refractivity contribution in [3.8, 4) is 23.8 Å². The third-order valence-electron chi connectivity index (χ3n) is 2.51.